The molecule has 0 aliphatic heterocycles. The van der Waals surface area contributed by atoms with Crippen molar-refractivity contribution in [1.82, 2.24) is 10.3 Å². The molecule has 0 aliphatic carbocycles. The fourth-order valence-corrected chi connectivity index (χ4v) is 1.58. The lowest BCUT2D eigenvalue weighted by Gasteiger charge is -1.99. The van der Waals surface area contributed by atoms with Gasteiger partial charge in [0.1, 0.15) is 0 Å². The molecule has 0 saturated carbocycles. The van der Waals surface area contributed by atoms with Gasteiger partial charge in [-0.05, 0) is 19.5 Å². The molecular formula is C8H13N3O2S. The highest BCUT2D eigenvalue weighted by molar-refractivity contribution is 7.11. The van der Waals surface area contributed by atoms with E-state index in [1.807, 2.05) is 0 Å². The smallest absolute Gasteiger partial charge is 0.365 e. The van der Waals surface area contributed by atoms with Crippen LogP contribution in [-0.2, 0) is 6.54 Å². The van der Waals surface area contributed by atoms with Crippen molar-refractivity contribution in [3.8, 4) is 0 Å². The Morgan fingerprint density at radius 1 is 1.71 bits per heavy atom. The van der Waals surface area contributed by atoms with Crippen molar-refractivity contribution in [1.29, 1.82) is 0 Å². The van der Waals surface area contributed by atoms with E-state index in [2.05, 4.69) is 10.3 Å². The minimum Gasteiger partial charge on any atom is -0.476 e. The van der Waals surface area contributed by atoms with Crippen LogP contribution in [-0.4, -0.2) is 29.1 Å². The van der Waals surface area contributed by atoms with E-state index >= 15 is 0 Å². The molecule has 78 valence electrons. The lowest BCUT2D eigenvalue weighted by Crippen LogP contribution is -2.17. The highest BCUT2D eigenvalue weighted by Gasteiger charge is 2.07. The van der Waals surface area contributed by atoms with Gasteiger partial charge in [0.15, 0.2) is 0 Å². The van der Waals surface area contributed by atoms with Gasteiger partial charge in [0.05, 0.1) is 5.69 Å². The van der Waals surface area contributed by atoms with Crippen molar-refractivity contribution in [3.05, 3.63) is 16.1 Å². The summed E-state index contributed by atoms with van der Waals surface area (Å²) in [5.74, 6) is -0.969. The molecule has 1 aromatic rings. The number of carbonyl (C=O) groups is 1. The monoisotopic (exact) mass is 215 g/mol. The van der Waals surface area contributed by atoms with E-state index in [4.69, 9.17) is 10.8 Å². The highest BCUT2D eigenvalue weighted by atomic mass is 32.1. The molecule has 0 amide bonds. The molecule has 0 fully saturated rings. The minimum atomic E-state index is -0.969. The summed E-state index contributed by atoms with van der Waals surface area (Å²) in [4.78, 5) is 14.4. The summed E-state index contributed by atoms with van der Waals surface area (Å²) in [6.07, 6.45) is 0.913. The van der Waals surface area contributed by atoms with E-state index in [1.165, 1.54) is 0 Å². The molecule has 0 unspecified atom stereocenters. The molecule has 5 nitrogen and oxygen atoms in total. The Balaban J connectivity index is 2.33. The molecule has 0 saturated heterocycles. The van der Waals surface area contributed by atoms with Crippen molar-refractivity contribution in [2.75, 3.05) is 13.1 Å². The maximum Gasteiger partial charge on any atom is 0.365 e. The standard InChI is InChI=1S/C8H13N3O2S/c9-2-1-3-10-4-6-5-14-7(11-6)8(12)13/h5,10H,1-4,9H2,(H,12,13). The quantitative estimate of drug-likeness (QED) is 0.593. The Hall–Kier alpha value is -0.980. The zero-order valence-corrected chi connectivity index (χ0v) is 8.51. The molecule has 1 aromatic heterocycles. The summed E-state index contributed by atoms with van der Waals surface area (Å²) in [5.41, 5.74) is 6.09. The second-order valence-electron chi connectivity index (χ2n) is 2.77. The number of rotatable bonds is 6. The molecule has 0 aliphatic rings. The predicted molar refractivity (Wildman–Crippen MR) is 54.5 cm³/mol. The number of hydrogen-bond donors (Lipinski definition) is 3. The van der Waals surface area contributed by atoms with Crippen LogP contribution in [0.2, 0.25) is 0 Å². The average Bonchev–Trinajstić information content (AvgIpc) is 2.61. The lowest BCUT2D eigenvalue weighted by molar-refractivity contribution is 0.0696. The number of thiazole rings is 1. The molecule has 14 heavy (non-hydrogen) atoms. The van der Waals surface area contributed by atoms with E-state index in [-0.39, 0.29) is 5.01 Å². The largest absolute Gasteiger partial charge is 0.476 e. The molecule has 1 heterocycles. The average molecular weight is 215 g/mol. The number of aromatic nitrogens is 1. The van der Waals surface area contributed by atoms with Gasteiger partial charge in [-0.25, -0.2) is 9.78 Å². The van der Waals surface area contributed by atoms with Gasteiger partial charge in [-0.1, -0.05) is 0 Å². The third-order valence-electron chi connectivity index (χ3n) is 1.60. The summed E-state index contributed by atoms with van der Waals surface area (Å²) < 4.78 is 0. The summed E-state index contributed by atoms with van der Waals surface area (Å²) >= 11 is 1.15. The van der Waals surface area contributed by atoms with Crippen LogP contribution in [0.5, 0.6) is 0 Å². The second kappa shape index (κ2) is 5.69. The van der Waals surface area contributed by atoms with Gasteiger partial charge in [0, 0.05) is 11.9 Å². The SMILES string of the molecule is NCCCNCc1csc(C(=O)O)n1. The van der Waals surface area contributed by atoms with Crippen LogP contribution in [0.3, 0.4) is 0 Å². The Kier molecular flexibility index (Phi) is 4.51. The first kappa shape index (κ1) is 11.1. The zero-order valence-electron chi connectivity index (χ0n) is 7.69. The highest BCUT2D eigenvalue weighted by Crippen LogP contribution is 2.08. The first-order valence-electron chi connectivity index (χ1n) is 4.32. The molecule has 0 aromatic carbocycles. The first-order valence-corrected chi connectivity index (χ1v) is 5.20. The second-order valence-corrected chi connectivity index (χ2v) is 3.63. The summed E-state index contributed by atoms with van der Waals surface area (Å²) in [5, 5.41) is 13.6. The van der Waals surface area contributed by atoms with Gasteiger partial charge in [-0.3, -0.25) is 0 Å². The maximum absolute atomic E-state index is 10.5. The maximum atomic E-state index is 10.5. The Morgan fingerprint density at radius 2 is 2.50 bits per heavy atom. The van der Waals surface area contributed by atoms with Gasteiger partial charge in [0.25, 0.3) is 0 Å². The van der Waals surface area contributed by atoms with E-state index < -0.39 is 5.97 Å². The van der Waals surface area contributed by atoms with Gasteiger partial charge < -0.3 is 16.2 Å². The topological polar surface area (TPSA) is 88.2 Å². The number of nitrogens with one attached hydrogen (secondary N) is 1. The number of nitrogens with two attached hydrogens (primary N) is 1. The molecular weight excluding hydrogens is 202 g/mol. The van der Waals surface area contributed by atoms with Crippen LogP contribution in [0, 0.1) is 0 Å². The van der Waals surface area contributed by atoms with E-state index in [0.29, 0.717) is 13.1 Å². The molecule has 0 bridgehead atoms. The van der Waals surface area contributed by atoms with E-state index in [1.54, 1.807) is 5.38 Å². The van der Waals surface area contributed by atoms with Crippen molar-refractivity contribution >= 4 is 17.3 Å². The Labute approximate surface area is 86.0 Å². The van der Waals surface area contributed by atoms with Crippen LogP contribution in [0.1, 0.15) is 21.9 Å². The van der Waals surface area contributed by atoms with Gasteiger partial charge in [-0.15, -0.1) is 11.3 Å². The third kappa shape index (κ3) is 3.41. The van der Waals surface area contributed by atoms with Crippen LogP contribution >= 0.6 is 11.3 Å². The van der Waals surface area contributed by atoms with Crippen LogP contribution < -0.4 is 11.1 Å². The van der Waals surface area contributed by atoms with Crippen molar-refractivity contribution in [2.24, 2.45) is 5.73 Å². The lowest BCUT2D eigenvalue weighted by atomic mass is 10.4. The fraction of sp³-hybridized carbons (Fsp3) is 0.500. The summed E-state index contributed by atoms with van der Waals surface area (Å²) in [6.45, 7) is 2.09. The van der Waals surface area contributed by atoms with Crippen molar-refractivity contribution in [3.63, 3.8) is 0 Å². The molecule has 1 rings (SSSR count). The van der Waals surface area contributed by atoms with Crippen LogP contribution in [0.15, 0.2) is 5.38 Å². The Morgan fingerprint density at radius 3 is 3.07 bits per heavy atom. The molecule has 6 heteroatoms. The molecule has 0 spiro atoms. The van der Waals surface area contributed by atoms with E-state index in [9.17, 15) is 4.79 Å². The number of nitrogens with zero attached hydrogens (tertiary/aromatic N) is 1. The van der Waals surface area contributed by atoms with Gasteiger partial charge in [-0.2, -0.15) is 0 Å². The van der Waals surface area contributed by atoms with E-state index in [0.717, 1.165) is 30.0 Å². The van der Waals surface area contributed by atoms with Crippen molar-refractivity contribution in [2.45, 2.75) is 13.0 Å². The number of aromatic carboxylic acids is 1. The van der Waals surface area contributed by atoms with Gasteiger partial charge >= 0.3 is 5.97 Å². The number of hydrogen-bond acceptors (Lipinski definition) is 5. The summed E-state index contributed by atoms with van der Waals surface area (Å²) in [6, 6.07) is 0. The normalized spacial score (nSPS) is 10.4. The van der Waals surface area contributed by atoms with Crippen LogP contribution in [0.4, 0.5) is 0 Å². The summed E-state index contributed by atoms with van der Waals surface area (Å²) in [7, 11) is 0. The van der Waals surface area contributed by atoms with Gasteiger partial charge in [0.2, 0.25) is 5.01 Å². The fourth-order valence-electron chi connectivity index (χ4n) is 0.930. The van der Waals surface area contributed by atoms with Crippen LogP contribution in [0.25, 0.3) is 0 Å². The molecule has 0 radical (unpaired) electrons. The number of carboxylic acids is 1. The molecule has 0 atom stereocenters. The first-order chi connectivity index (χ1) is 6.74. The van der Waals surface area contributed by atoms with Crippen molar-refractivity contribution < 1.29 is 9.90 Å². The predicted octanol–water partition coefficient (Wildman–Crippen LogP) is 0.280. The zero-order chi connectivity index (χ0) is 10.4. The molecule has 4 N–H and O–H groups in total. The third-order valence-corrected chi connectivity index (χ3v) is 2.48. The number of carboxylic acid groups (broad SMARTS) is 1. The Bertz CT molecular complexity index is 301. The minimum absolute atomic E-state index is 0.139.